The van der Waals surface area contributed by atoms with Crippen molar-refractivity contribution in [1.82, 2.24) is 0 Å². The Bertz CT molecular complexity index is 734. The molecule has 2 aromatic carbocycles. The zero-order valence-electron chi connectivity index (χ0n) is 18.1. The van der Waals surface area contributed by atoms with Crippen LogP contribution in [0.25, 0.3) is 0 Å². The lowest BCUT2D eigenvalue weighted by Crippen LogP contribution is -2.57. The first kappa shape index (κ1) is 22.9. The van der Waals surface area contributed by atoms with E-state index in [-0.39, 0.29) is 24.0 Å². The van der Waals surface area contributed by atoms with Gasteiger partial charge in [0, 0.05) is 0 Å². The molecule has 3 rings (SSSR count). The molecule has 164 valence electrons. The molecule has 5 nitrogen and oxygen atoms in total. The van der Waals surface area contributed by atoms with Gasteiger partial charge >= 0.3 is 0 Å². The Balaban J connectivity index is 1.65. The van der Waals surface area contributed by atoms with Gasteiger partial charge in [-0.25, -0.2) is 0 Å². The van der Waals surface area contributed by atoms with Crippen molar-refractivity contribution in [1.29, 1.82) is 0 Å². The van der Waals surface area contributed by atoms with Gasteiger partial charge in [0.15, 0.2) is 0 Å². The lowest BCUT2D eigenvalue weighted by molar-refractivity contribution is -0.238. The van der Waals surface area contributed by atoms with Crippen molar-refractivity contribution < 1.29 is 24.4 Å². The first-order chi connectivity index (χ1) is 14.5. The fourth-order valence-electron chi connectivity index (χ4n) is 3.96. The minimum atomic E-state index is -1.03. The fourth-order valence-corrected chi connectivity index (χ4v) is 3.96. The SMILES string of the molecule is CC(O)[C@H](O)[C@H]1OC(COCc2ccccc2)[C@@H](C)[C@H](C)C1OCc1ccccc1. The van der Waals surface area contributed by atoms with E-state index in [9.17, 15) is 10.2 Å². The third-order valence-electron chi connectivity index (χ3n) is 6.10. The molecule has 3 unspecified atom stereocenters. The molecule has 0 aromatic heterocycles. The van der Waals surface area contributed by atoms with Gasteiger partial charge in [0.1, 0.15) is 12.2 Å². The minimum absolute atomic E-state index is 0.131. The molecule has 0 spiro atoms. The van der Waals surface area contributed by atoms with Gasteiger partial charge in [0.25, 0.3) is 0 Å². The number of rotatable bonds is 9. The Morgan fingerprint density at radius 3 is 2.00 bits per heavy atom. The van der Waals surface area contributed by atoms with Crippen molar-refractivity contribution >= 4 is 0 Å². The van der Waals surface area contributed by atoms with Crippen LogP contribution in [0.2, 0.25) is 0 Å². The molecular formula is C25H34O5. The van der Waals surface area contributed by atoms with Crippen LogP contribution in [-0.2, 0) is 27.4 Å². The van der Waals surface area contributed by atoms with E-state index in [0.717, 1.165) is 11.1 Å². The molecule has 1 heterocycles. The van der Waals surface area contributed by atoms with Crippen LogP contribution in [-0.4, -0.2) is 47.3 Å². The predicted octanol–water partition coefficient (Wildman–Crippen LogP) is 3.57. The summed E-state index contributed by atoms with van der Waals surface area (Å²) in [5.74, 6) is 0.310. The zero-order chi connectivity index (χ0) is 21.5. The summed E-state index contributed by atoms with van der Waals surface area (Å²) in [4.78, 5) is 0. The van der Waals surface area contributed by atoms with E-state index in [4.69, 9.17) is 14.2 Å². The second kappa shape index (κ2) is 11.0. The molecule has 0 bridgehead atoms. The van der Waals surface area contributed by atoms with E-state index < -0.39 is 18.3 Å². The standard InChI is InChI=1S/C25H34O5/c1-17-18(2)24(29-15-21-12-8-5-9-13-21)25(23(27)19(3)26)30-22(17)16-28-14-20-10-6-4-7-11-20/h4-13,17-19,22-27H,14-16H2,1-3H3/t17-,18-,19?,22?,23-,24?,25+/m0/s1. The number of benzene rings is 2. The van der Waals surface area contributed by atoms with Gasteiger partial charge in [0.05, 0.1) is 38.1 Å². The Labute approximate surface area is 179 Å². The summed E-state index contributed by atoms with van der Waals surface area (Å²) in [6, 6.07) is 20.0. The van der Waals surface area contributed by atoms with Gasteiger partial charge in [-0.2, -0.15) is 0 Å². The highest BCUT2D eigenvalue weighted by atomic mass is 16.6. The summed E-state index contributed by atoms with van der Waals surface area (Å²) < 4.78 is 18.4. The van der Waals surface area contributed by atoms with Crippen LogP contribution in [0.15, 0.2) is 60.7 Å². The lowest BCUT2D eigenvalue weighted by atomic mass is 9.79. The van der Waals surface area contributed by atoms with E-state index in [1.165, 1.54) is 0 Å². The van der Waals surface area contributed by atoms with Crippen LogP contribution in [0, 0.1) is 11.8 Å². The quantitative estimate of drug-likeness (QED) is 0.657. The summed E-state index contributed by atoms with van der Waals surface area (Å²) in [6.07, 6.45) is -3.07. The Hall–Kier alpha value is -1.76. The largest absolute Gasteiger partial charge is 0.391 e. The van der Waals surface area contributed by atoms with E-state index in [2.05, 4.69) is 13.8 Å². The summed E-state index contributed by atoms with van der Waals surface area (Å²) in [6.45, 7) is 7.20. The maximum Gasteiger partial charge on any atom is 0.113 e. The van der Waals surface area contributed by atoms with Gasteiger partial charge in [-0.15, -0.1) is 0 Å². The molecule has 1 aliphatic heterocycles. The minimum Gasteiger partial charge on any atom is -0.391 e. The van der Waals surface area contributed by atoms with Crippen LogP contribution < -0.4 is 0 Å². The average molecular weight is 415 g/mol. The number of ether oxygens (including phenoxy) is 3. The van der Waals surface area contributed by atoms with Crippen molar-refractivity contribution in [2.75, 3.05) is 6.61 Å². The third-order valence-corrected chi connectivity index (χ3v) is 6.10. The van der Waals surface area contributed by atoms with Gasteiger partial charge in [-0.3, -0.25) is 0 Å². The van der Waals surface area contributed by atoms with Crippen LogP contribution in [0.3, 0.4) is 0 Å². The molecular weight excluding hydrogens is 380 g/mol. The van der Waals surface area contributed by atoms with Crippen molar-refractivity contribution in [3.05, 3.63) is 71.8 Å². The Morgan fingerprint density at radius 2 is 1.43 bits per heavy atom. The molecule has 0 radical (unpaired) electrons. The highest BCUT2D eigenvalue weighted by Crippen LogP contribution is 2.35. The van der Waals surface area contributed by atoms with E-state index in [1.54, 1.807) is 6.92 Å². The summed E-state index contributed by atoms with van der Waals surface area (Å²) in [5, 5.41) is 20.7. The average Bonchev–Trinajstić information content (AvgIpc) is 2.76. The number of aliphatic hydroxyl groups excluding tert-OH is 2. The van der Waals surface area contributed by atoms with Crippen LogP contribution in [0.5, 0.6) is 0 Å². The van der Waals surface area contributed by atoms with Crippen molar-refractivity contribution in [2.24, 2.45) is 11.8 Å². The van der Waals surface area contributed by atoms with E-state index >= 15 is 0 Å². The Kier molecular flexibility index (Phi) is 8.42. The molecule has 1 fully saturated rings. The summed E-state index contributed by atoms with van der Waals surface area (Å²) in [7, 11) is 0. The number of aliphatic hydroxyl groups is 2. The third kappa shape index (κ3) is 5.90. The number of hydrogen-bond donors (Lipinski definition) is 2. The predicted molar refractivity (Wildman–Crippen MR) is 116 cm³/mol. The van der Waals surface area contributed by atoms with Gasteiger partial charge in [0.2, 0.25) is 0 Å². The van der Waals surface area contributed by atoms with Crippen LogP contribution in [0.1, 0.15) is 31.9 Å². The summed E-state index contributed by atoms with van der Waals surface area (Å²) in [5.41, 5.74) is 2.18. The summed E-state index contributed by atoms with van der Waals surface area (Å²) >= 11 is 0. The maximum absolute atomic E-state index is 10.6. The van der Waals surface area contributed by atoms with Gasteiger partial charge in [-0.05, 0) is 29.9 Å². The lowest BCUT2D eigenvalue weighted by Gasteiger charge is -2.46. The van der Waals surface area contributed by atoms with Crippen molar-refractivity contribution in [2.45, 2.75) is 64.5 Å². The molecule has 7 atom stereocenters. The second-order valence-corrected chi connectivity index (χ2v) is 8.35. The number of hydrogen-bond acceptors (Lipinski definition) is 5. The molecule has 5 heteroatoms. The molecule has 0 aliphatic carbocycles. The second-order valence-electron chi connectivity index (χ2n) is 8.35. The van der Waals surface area contributed by atoms with E-state index in [1.807, 2.05) is 60.7 Å². The first-order valence-electron chi connectivity index (χ1n) is 10.8. The molecule has 2 N–H and O–H groups in total. The first-order valence-corrected chi connectivity index (χ1v) is 10.8. The zero-order valence-corrected chi connectivity index (χ0v) is 18.1. The normalized spacial score (nSPS) is 28.8. The van der Waals surface area contributed by atoms with Gasteiger partial charge in [-0.1, -0.05) is 74.5 Å². The molecule has 30 heavy (non-hydrogen) atoms. The monoisotopic (exact) mass is 414 g/mol. The topological polar surface area (TPSA) is 68.2 Å². The fraction of sp³-hybridized carbons (Fsp3) is 0.520. The van der Waals surface area contributed by atoms with Crippen LogP contribution >= 0.6 is 0 Å². The molecule has 2 aromatic rings. The van der Waals surface area contributed by atoms with Gasteiger partial charge < -0.3 is 24.4 Å². The van der Waals surface area contributed by atoms with Crippen molar-refractivity contribution in [3.8, 4) is 0 Å². The Morgan fingerprint density at radius 1 is 0.867 bits per heavy atom. The smallest absolute Gasteiger partial charge is 0.113 e. The van der Waals surface area contributed by atoms with E-state index in [0.29, 0.717) is 19.8 Å². The highest BCUT2D eigenvalue weighted by Gasteiger charge is 2.46. The molecule has 1 saturated heterocycles. The maximum atomic E-state index is 10.6. The molecule has 0 amide bonds. The molecule has 0 saturated carbocycles. The highest BCUT2D eigenvalue weighted by molar-refractivity contribution is 5.14. The van der Waals surface area contributed by atoms with Crippen molar-refractivity contribution in [3.63, 3.8) is 0 Å². The van der Waals surface area contributed by atoms with Crippen LogP contribution in [0.4, 0.5) is 0 Å². The molecule has 1 aliphatic rings.